The first-order valence-electron chi connectivity index (χ1n) is 8.26. The minimum Gasteiger partial charge on any atom is -0.460 e. The van der Waals surface area contributed by atoms with Crippen molar-refractivity contribution in [1.29, 1.82) is 0 Å². The summed E-state index contributed by atoms with van der Waals surface area (Å²) in [6.07, 6.45) is 1.83. The standard InChI is InChI=1S/C20H15ClN2O5/c21-20-23-17(12-28-20)18(25)22-16(14-4-2-1-3-5-14)11-27-19(26)15-8-6-13(10-24)7-9-15/h1-10,12,16H,11H2,(H,22,25)/t16-/m0/s1. The maximum atomic E-state index is 12.4. The Kier molecular flexibility index (Phi) is 6.18. The molecule has 0 unspecified atom stereocenters. The van der Waals surface area contributed by atoms with Gasteiger partial charge in [0.25, 0.3) is 11.3 Å². The first kappa shape index (κ1) is 19.3. The van der Waals surface area contributed by atoms with E-state index >= 15 is 0 Å². The second-order valence-corrected chi connectivity index (χ2v) is 6.08. The average Bonchev–Trinajstić information content (AvgIpc) is 3.18. The van der Waals surface area contributed by atoms with Crippen LogP contribution in [-0.4, -0.2) is 29.8 Å². The molecule has 1 amide bonds. The number of carbonyl (C=O) groups excluding carboxylic acids is 3. The molecule has 0 fully saturated rings. The highest BCUT2D eigenvalue weighted by Crippen LogP contribution is 2.16. The summed E-state index contributed by atoms with van der Waals surface area (Å²) in [6.45, 7) is -0.102. The van der Waals surface area contributed by atoms with Crippen molar-refractivity contribution in [2.75, 3.05) is 6.61 Å². The summed E-state index contributed by atoms with van der Waals surface area (Å²) in [4.78, 5) is 39.1. The number of amides is 1. The van der Waals surface area contributed by atoms with E-state index in [9.17, 15) is 14.4 Å². The third-order valence-corrected chi connectivity index (χ3v) is 4.05. The molecule has 0 aliphatic carbocycles. The molecule has 0 radical (unpaired) electrons. The molecule has 1 atom stereocenters. The lowest BCUT2D eigenvalue weighted by atomic mass is 10.1. The number of ether oxygens (including phenoxy) is 1. The van der Waals surface area contributed by atoms with Gasteiger partial charge in [0.05, 0.1) is 11.6 Å². The molecule has 0 spiro atoms. The fraction of sp³-hybridized carbons (Fsp3) is 0.100. The summed E-state index contributed by atoms with van der Waals surface area (Å²) in [6, 6.07) is 14.5. The van der Waals surface area contributed by atoms with Gasteiger partial charge in [-0.25, -0.2) is 4.79 Å². The third-order valence-electron chi connectivity index (χ3n) is 3.88. The van der Waals surface area contributed by atoms with Crippen LogP contribution in [0.5, 0.6) is 0 Å². The van der Waals surface area contributed by atoms with Crippen LogP contribution in [0, 0.1) is 0 Å². The number of esters is 1. The number of nitrogens with zero attached hydrogens (tertiary/aromatic N) is 1. The number of aldehydes is 1. The highest BCUT2D eigenvalue weighted by molar-refractivity contribution is 6.27. The lowest BCUT2D eigenvalue weighted by Gasteiger charge is -2.18. The smallest absolute Gasteiger partial charge is 0.338 e. The van der Waals surface area contributed by atoms with Gasteiger partial charge < -0.3 is 14.5 Å². The average molecular weight is 399 g/mol. The minimum absolute atomic E-state index is 0.0155. The molecule has 2 aromatic carbocycles. The summed E-state index contributed by atoms with van der Waals surface area (Å²) in [5, 5.41) is 2.60. The van der Waals surface area contributed by atoms with E-state index in [4.69, 9.17) is 20.8 Å². The normalized spacial score (nSPS) is 11.5. The van der Waals surface area contributed by atoms with Gasteiger partial charge in [0.2, 0.25) is 0 Å². The van der Waals surface area contributed by atoms with Crippen LogP contribution in [-0.2, 0) is 4.74 Å². The van der Waals surface area contributed by atoms with E-state index in [1.807, 2.05) is 6.07 Å². The maximum Gasteiger partial charge on any atom is 0.338 e. The van der Waals surface area contributed by atoms with Crippen LogP contribution in [0.25, 0.3) is 0 Å². The quantitative estimate of drug-likeness (QED) is 0.483. The lowest BCUT2D eigenvalue weighted by molar-refractivity contribution is 0.0455. The van der Waals surface area contributed by atoms with E-state index in [0.29, 0.717) is 17.4 Å². The highest BCUT2D eigenvalue weighted by atomic mass is 35.5. The lowest BCUT2D eigenvalue weighted by Crippen LogP contribution is -2.32. The summed E-state index contributed by atoms with van der Waals surface area (Å²) in [5.41, 5.74) is 1.51. The van der Waals surface area contributed by atoms with Crippen molar-refractivity contribution < 1.29 is 23.5 Å². The van der Waals surface area contributed by atoms with Crippen molar-refractivity contribution in [3.63, 3.8) is 0 Å². The minimum atomic E-state index is -0.609. The molecule has 1 N–H and O–H groups in total. The zero-order valence-electron chi connectivity index (χ0n) is 14.5. The number of hydrogen-bond acceptors (Lipinski definition) is 6. The molecule has 1 heterocycles. The fourth-order valence-corrected chi connectivity index (χ4v) is 2.57. The topological polar surface area (TPSA) is 98.5 Å². The van der Waals surface area contributed by atoms with E-state index in [0.717, 1.165) is 11.8 Å². The second-order valence-electron chi connectivity index (χ2n) is 5.76. The zero-order valence-corrected chi connectivity index (χ0v) is 15.3. The van der Waals surface area contributed by atoms with Gasteiger partial charge in [-0.15, -0.1) is 0 Å². The number of halogens is 1. The number of benzene rings is 2. The van der Waals surface area contributed by atoms with E-state index in [2.05, 4.69) is 10.3 Å². The summed E-state index contributed by atoms with van der Waals surface area (Å²) in [5.74, 6) is -1.09. The van der Waals surface area contributed by atoms with E-state index in [1.54, 1.807) is 24.3 Å². The Morgan fingerprint density at radius 1 is 1.14 bits per heavy atom. The molecule has 1 aromatic heterocycles. The maximum absolute atomic E-state index is 12.4. The van der Waals surface area contributed by atoms with Crippen molar-refractivity contribution in [3.8, 4) is 0 Å². The second kappa shape index (κ2) is 8.96. The Morgan fingerprint density at radius 3 is 2.46 bits per heavy atom. The van der Waals surface area contributed by atoms with Crippen molar-refractivity contribution in [3.05, 3.63) is 88.6 Å². The summed E-state index contributed by atoms with van der Waals surface area (Å²) >= 11 is 5.60. The number of nitrogens with one attached hydrogen (secondary N) is 1. The van der Waals surface area contributed by atoms with Crippen LogP contribution in [0.4, 0.5) is 0 Å². The molecule has 3 rings (SSSR count). The Labute approximate surface area is 165 Å². The monoisotopic (exact) mass is 398 g/mol. The molecule has 0 saturated carbocycles. The molecule has 142 valence electrons. The molecule has 28 heavy (non-hydrogen) atoms. The molecule has 8 heteroatoms. The molecule has 0 aliphatic rings. The van der Waals surface area contributed by atoms with Crippen LogP contribution >= 0.6 is 11.6 Å². The van der Waals surface area contributed by atoms with Crippen LogP contribution in [0.15, 0.2) is 65.3 Å². The molecule has 3 aromatic rings. The molecule has 0 bridgehead atoms. The number of carbonyl (C=O) groups is 3. The van der Waals surface area contributed by atoms with E-state index < -0.39 is 17.9 Å². The zero-order chi connectivity index (χ0) is 19.9. The largest absolute Gasteiger partial charge is 0.460 e. The van der Waals surface area contributed by atoms with Gasteiger partial charge in [0.15, 0.2) is 5.69 Å². The van der Waals surface area contributed by atoms with Gasteiger partial charge in [-0.3, -0.25) is 9.59 Å². The SMILES string of the molecule is O=Cc1ccc(C(=O)OC[C@H](NC(=O)c2coc(Cl)n2)c2ccccc2)cc1. The van der Waals surface area contributed by atoms with E-state index in [-0.39, 0.29) is 17.7 Å². The van der Waals surface area contributed by atoms with Crippen molar-refractivity contribution in [2.45, 2.75) is 6.04 Å². The van der Waals surface area contributed by atoms with Gasteiger partial charge in [-0.2, -0.15) is 4.98 Å². The molecule has 0 aliphatic heterocycles. The first-order chi connectivity index (χ1) is 13.6. The fourth-order valence-electron chi connectivity index (χ4n) is 2.44. The van der Waals surface area contributed by atoms with Crippen molar-refractivity contribution in [2.24, 2.45) is 0 Å². The Morgan fingerprint density at radius 2 is 1.86 bits per heavy atom. The summed E-state index contributed by atoms with van der Waals surface area (Å²) < 4.78 is 10.2. The highest BCUT2D eigenvalue weighted by Gasteiger charge is 2.20. The van der Waals surface area contributed by atoms with Gasteiger partial charge in [-0.05, 0) is 29.3 Å². The van der Waals surface area contributed by atoms with Gasteiger partial charge in [-0.1, -0.05) is 42.5 Å². The number of oxazole rings is 1. The van der Waals surface area contributed by atoms with Crippen LogP contribution in [0.3, 0.4) is 0 Å². The van der Waals surface area contributed by atoms with Gasteiger partial charge in [0.1, 0.15) is 19.2 Å². The molecular weight excluding hydrogens is 384 g/mol. The Hall–Kier alpha value is -3.45. The number of rotatable bonds is 7. The van der Waals surface area contributed by atoms with Crippen molar-refractivity contribution >= 4 is 29.8 Å². The molecular formula is C20H15ClN2O5. The number of aromatic nitrogens is 1. The van der Waals surface area contributed by atoms with Gasteiger partial charge >= 0.3 is 5.97 Å². The Bertz CT molecular complexity index is 970. The van der Waals surface area contributed by atoms with Gasteiger partial charge in [0, 0.05) is 5.56 Å². The van der Waals surface area contributed by atoms with Crippen LogP contribution < -0.4 is 5.32 Å². The molecule has 0 saturated heterocycles. The first-order valence-corrected chi connectivity index (χ1v) is 8.64. The van der Waals surface area contributed by atoms with Crippen LogP contribution in [0.2, 0.25) is 5.35 Å². The predicted octanol–water partition coefficient (Wildman–Crippen LogP) is 3.47. The Balaban J connectivity index is 1.71. The van der Waals surface area contributed by atoms with Crippen molar-refractivity contribution in [1.82, 2.24) is 10.3 Å². The van der Waals surface area contributed by atoms with Crippen LogP contribution in [0.1, 0.15) is 42.8 Å². The molecule has 7 nitrogen and oxygen atoms in total. The third kappa shape index (κ3) is 4.83. The summed E-state index contributed by atoms with van der Waals surface area (Å²) in [7, 11) is 0. The van der Waals surface area contributed by atoms with E-state index in [1.165, 1.54) is 24.3 Å². The number of hydrogen-bond donors (Lipinski definition) is 1. The predicted molar refractivity (Wildman–Crippen MR) is 100 cm³/mol.